The summed E-state index contributed by atoms with van der Waals surface area (Å²) in [6.07, 6.45) is 0. The minimum absolute atomic E-state index is 0.0109. The van der Waals surface area contributed by atoms with Crippen molar-refractivity contribution in [2.24, 2.45) is 5.84 Å². The van der Waals surface area contributed by atoms with Gasteiger partial charge in [-0.1, -0.05) is 6.07 Å². The van der Waals surface area contributed by atoms with Gasteiger partial charge in [0, 0.05) is 19.2 Å². The fourth-order valence-corrected chi connectivity index (χ4v) is 1.91. The Morgan fingerprint density at radius 2 is 2.10 bits per heavy atom. The Balaban J connectivity index is 2.20. The van der Waals surface area contributed by atoms with Crippen LogP contribution < -0.4 is 16.7 Å². The molecule has 4 N–H and O–H groups in total. The number of nitrogens with one attached hydrogen (secondary N) is 2. The number of nitrogens with two attached hydrogens (primary N) is 1. The molecule has 0 aliphatic carbocycles. The van der Waals surface area contributed by atoms with E-state index in [4.69, 9.17) is 10.6 Å². The van der Waals surface area contributed by atoms with E-state index in [1.165, 1.54) is 18.2 Å². The minimum atomic E-state index is -0.597. The molecule has 0 atom stereocenters. The number of nitro benzene ring substituents is 1. The van der Waals surface area contributed by atoms with Gasteiger partial charge >= 0.3 is 0 Å². The molecule has 9 heteroatoms. The van der Waals surface area contributed by atoms with Crippen molar-refractivity contribution in [2.45, 2.75) is 0 Å². The second-order valence-electron chi connectivity index (χ2n) is 4.14. The third kappa shape index (κ3) is 3.02. The number of hydrogen-bond acceptors (Lipinski definition) is 7. The van der Waals surface area contributed by atoms with Gasteiger partial charge in [0.15, 0.2) is 0 Å². The van der Waals surface area contributed by atoms with Crippen LogP contribution in [0, 0.1) is 10.1 Å². The Bertz CT molecular complexity index is 516. The number of hydrazine groups is 2. The Morgan fingerprint density at radius 1 is 1.40 bits per heavy atom. The highest BCUT2D eigenvalue weighted by atomic mass is 16.6. The maximum atomic E-state index is 12.2. The van der Waals surface area contributed by atoms with Crippen LogP contribution in [0.5, 0.6) is 0 Å². The average Bonchev–Trinajstić information content (AvgIpc) is 2.47. The number of carbonyl (C=O) groups excluding carboxylic acids is 1. The van der Waals surface area contributed by atoms with Gasteiger partial charge in [-0.2, -0.15) is 0 Å². The zero-order valence-electron chi connectivity index (χ0n) is 10.7. The molecule has 0 spiro atoms. The van der Waals surface area contributed by atoms with E-state index in [-0.39, 0.29) is 16.9 Å². The molecule has 1 aromatic carbocycles. The molecule has 0 radical (unpaired) electrons. The fraction of sp³-hybridized carbons (Fsp3) is 0.364. The SMILES string of the molecule is NNc1c(C(=O)NN2CCOCC2)cccc1[N+](=O)[O-]. The number of benzene rings is 1. The Labute approximate surface area is 114 Å². The highest BCUT2D eigenvalue weighted by Gasteiger charge is 2.22. The van der Waals surface area contributed by atoms with Crippen molar-refractivity contribution in [2.75, 3.05) is 31.7 Å². The summed E-state index contributed by atoms with van der Waals surface area (Å²) in [6.45, 7) is 2.17. The normalized spacial score (nSPS) is 15.7. The van der Waals surface area contributed by atoms with Gasteiger partial charge in [-0.3, -0.25) is 26.2 Å². The predicted molar refractivity (Wildman–Crippen MR) is 70.8 cm³/mol. The number of nitrogens with zero attached hydrogens (tertiary/aromatic N) is 2. The molecular formula is C11H15N5O4. The second-order valence-corrected chi connectivity index (χ2v) is 4.14. The molecule has 9 nitrogen and oxygen atoms in total. The predicted octanol–water partition coefficient (Wildman–Crippen LogP) is -0.143. The monoisotopic (exact) mass is 281 g/mol. The van der Waals surface area contributed by atoms with Gasteiger partial charge in [-0.15, -0.1) is 0 Å². The first-order valence-corrected chi connectivity index (χ1v) is 6.01. The molecule has 1 aliphatic rings. The van der Waals surface area contributed by atoms with Crippen molar-refractivity contribution < 1.29 is 14.5 Å². The average molecular weight is 281 g/mol. The number of ether oxygens (including phenoxy) is 1. The lowest BCUT2D eigenvalue weighted by molar-refractivity contribution is -0.384. The van der Waals surface area contributed by atoms with Gasteiger partial charge in [0.1, 0.15) is 5.69 Å². The number of hydrogen-bond donors (Lipinski definition) is 3. The summed E-state index contributed by atoms with van der Waals surface area (Å²) in [5.74, 6) is 4.84. The topological polar surface area (TPSA) is 123 Å². The molecule has 0 unspecified atom stereocenters. The van der Waals surface area contributed by atoms with Crippen LogP contribution >= 0.6 is 0 Å². The van der Waals surface area contributed by atoms with Crippen molar-refractivity contribution in [3.8, 4) is 0 Å². The van der Waals surface area contributed by atoms with E-state index in [2.05, 4.69) is 10.9 Å². The molecule has 1 saturated heterocycles. The van der Waals surface area contributed by atoms with Crippen LogP contribution in [0.25, 0.3) is 0 Å². The van der Waals surface area contributed by atoms with Gasteiger partial charge in [0.2, 0.25) is 0 Å². The lowest BCUT2D eigenvalue weighted by Gasteiger charge is -2.27. The molecule has 20 heavy (non-hydrogen) atoms. The van der Waals surface area contributed by atoms with Crippen LogP contribution in [0.4, 0.5) is 11.4 Å². The maximum Gasteiger partial charge on any atom is 0.294 e. The summed E-state index contributed by atoms with van der Waals surface area (Å²) in [4.78, 5) is 22.5. The fourth-order valence-electron chi connectivity index (χ4n) is 1.91. The lowest BCUT2D eigenvalue weighted by Crippen LogP contribution is -2.48. The first kappa shape index (κ1) is 14.2. The molecule has 0 bridgehead atoms. The van der Waals surface area contributed by atoms with Gasteiger partial charge < -0.3 is 10.2 Å². The number of anilines is 1. The van der Waals surface area contributed by atoms with E-state index < -0.39 is 10.8 Å². The van der Waals surface area contributed by atoms with Crippen molar-refractivity contribution in [3.63, 3.8) is 0 Å². The van der Waals surface area contributed by atoms with Crippen LogP contribution in [0.1, 0.15) is 10.4 Å². The third-order valence-corrected chi connectivity index (χ3v) is 2.90. The van der Waals surface area contributed by atoms with Gasteiger partial charge in [-0.05, 0) is 6.07 Å². The molecule has 1 aliphatic heterocycles. The molecule has 1 aromatic rings. The Morgan fingerprint density at radius 3 is 2.70 bits per heavy atom. The van der Waals surface area contributed by atoms with Crippen molar-refractivity contribution >= 4 is 17.3 Å². The van der Waals surface area contributed by atoms with Crippen molar-refractivity contribution in [1.82, 2.24) is 10.4 Å². The summed E-state index contributed by atoms with van der Waals surface area (Å²) < 4.78 is 5.17. The number of amides is 1. The van der Waals surface area contributed by atoms with E-state index in [0.29, 0.717) is 26.3 Å². The van der Waals surface area contributed by atoms with Gasteiger partial charge in [0.25, 0.3) is 11.6 Å². The van der Waals surface area contributed by atoms with Crippen LogP contribution in [-0.4, -0.2) is 42.1 Å². The minimum Gasteiger partial charge on any atom is -0.379 e. The van der Waals surface area contributed by atoms with Crippen LogP contribution in [0.2, 0.25) is 0 Å². The second kappa shape index (κ2) is 6.28. The maximum absolute atomic E-state index is 12.2. The largest absolute Gasteiger partial charge is 0.379 e. The molecule has 0 aromatic heterocycles. The number of morpholine rings is 1. The summed E-state index contributed by atoms with van der Waals surface area (Å²) >= 11 is 0. The van der Waals surface area contributed by atoms with Gasteiger partial charge in [0.05, 0.1) is 23.7 Å². The van der Waals surface area contributed by atoms with Crippen LogP contribution in [-0.2, 0) is 4.74 Å². The third-order valence-electron chi connectivity index (χ3n) is 2.90. The molecule has 1 amide bonds. The Kier molecular flexibility index (Phi) is 4.45. The molecule has 108 valence electrons. The highest BCUT2D eigenvalue weighted by Crippen LogP contribution is 2.27. The quantitative estimate of drug-likeness (QED) is 0.398. The van der Waals surface area contributed by atoms with Crippen LogP contribution in [0.3, 0.4) is 0 Å². The summed E-state index contributed by atoms with van der Waals surface area (Å²) in [5.41, 5.74) is 4.75. The Hall–Kier alpha value is -2.23. The lowest BCUT2D eigenvalue weighted by atomic mass is 10.1. The summed E-state index contributed by atoms with van der Waals surface area (Å²) in [6, 6.07) is 4.19. The van der Waals surface area contributed by atoms with Crippen molar-refractivity contribution in [1.29, 1.82) is 0 Å². The molecule has 1 heterocycles. The van der Waals surface area contributed by atoms with E-state index in [1.807, 2.05) is 0 Å². The van der Waals surface area contributed by atoms with E-state index in [9.17, 15) is 14.9 Å². The number of nitro groups is 1. The summed E-state index contributed by atoms with van der Waals surface area (Å²) in [7, 11) is 0. The van der Waals surface area contributed by atoms with Crippen molar-refractivity contribution in [3.05, 3.63) is 33.9 Å². The molecule has 0 saturated carbocycles. The molecular weight excluding hydrogens is 266 g/mol. The van der Waals surface area contributed by atoms with Crippen LogP contribution in [0.15, 0.2) is 18.2 Å². The number of rotatable bonds is 4. The first-order chi connectivity index (χ1) is 9.63. The zero-order chi connectivity index (χ0) is 14.5. The molecule has 1 fully saturated rings. The van der Waals surface area contributed by atoms with E-state index in [0.717, 1.165) is 0 Å². The standard InChI is InChI=1S/C11H15N5O4/c12-13-10-8(2-1-3-9(10)16(18)19)11(17)14-15-4-6-20-7-5-15/h1-3,13H,4-7,12H2,(H,14,17). The number of carbonyl (C=O) groups is 1. The summed E-state index contributed by atoms with van der Waals surface area (Å²) in [5, 5.41) is 12.6. The van der Waals surface area contributed by atoms with Gasteiger partial charge in [-0.25, -0.2) is 5.01 Å². The zero-order valence-corrected chi connectivity index (χ0v) is 10.7. The van der Waals surface area contributed by atoms with E-state index in [1.54, 1.807) is 5.01 Å². The van der Waals surface area contributed by atoms with E-state index >= 15 is 0 Å². The number of para-hydroxylation sites is 1. The smallest absolute Gasteiger partial charge is 0.294 e. The molecule has 2 rings (SSSR count). The highest BCUT2D eigenvalue weighted by molar-refractivity contribution is 6.01. The number of nitrogen functional groups attached to an aromatic ring is 1. The first-order valence-electron chi connectivity index (χ1n) is 6.01.